The van der Waals surface area contributed by atoms with E-state index >= 15 is 0 Å². The molecule has 3 nitrogen and oxygen atoms in total. The Morgan fingerprint density at radius 1 is 1.12 bits per heavy atom. The molecule has 2 aromatic rings. The number of anilines is 1. The van der Waals surface area contributed by atoms with Crippen molar-refractivity contribution < 1.29 is 0 Å². The van der Waals surface area contributed by atoms with E-state index in [0.717, 1.165) is 30.0 Å². The Bertz CT molecular complexity index is 440. The van der Waals surface area contributed by atoms with Crippen LogP contribution in [0.3, 0.4) is 0 Å². The summed E-state index contributed by atoms with van der Waals surface area (Å²) in [4.78, 5) is 8.54. The molecule has 0 fully saturated rings. The molecule has 1 N–H and O–H groups in total. The van der Waals surface area contributed by atoms with E-state index in [9.17, 15) is 0 Å². The minimum Gasteiger partial charge on any atom is -0.370 e. The maximum absolute atomic E-state index is 4.54. The largest absolute Gasteiger partial charge is 0.370 e. The summed E-state index contributed by atoms with van der Waals surface area (Å²) >= 11 is 0. The number of pyridine rings is 2. The van der Waals surface area contributed by atoms with Crippen molar-refractivity contribution in [2.24, 2.45) is 0 Å². The van der Waals surface area contributed by atoms with Gasteiger partial charge in [-0.3, -0.25) is 4.98 Å². The normalized spacial score (nSPS) is 10.1. The Labute approximate surface area is 95.6 Å². The molecule has 0 amide bonds. The first-order valence-electron chi connectivity index (χ1n) is 5.51. The molecule has 3 heteroatoms. The lowest BCUT2D eigenvalue weighted by Gasteiger charge is -2.06. The van der Waals surface area contributed by atoms with Crippen LogP contribution in [0.25, 0.3) is 11.3 Å². The van der Waals surface area contributed by atoms with Gasteiger partial charge in [0, 0.05) is 24.5 Å². The van der Waals surface area contributed by atoms with Gasteiger partial charge in [-0.15, -0.1) is 0 Å². The number of rotatable bonds is 4. The van der Waals surface area contributed by atoms with Crippen molar-refractivity contribution in [2.45, 2.75) is 13.3 Å². The molecular weight excluding hydrogens is 198 g/mol. The van der Waals surface area contributed by atoms with Crippen LogP contribution in [0.2, 0.25) is 0 Å². The van der Waals surface area contributed by atoms with E-state index in [4.69, 9.17) is 0 Å². The molecule has 0 aliphatic carbocycles. The molecule has 0 aromatic carbocycles. The fraction of sp³-hybridized carbons (Fsp3) is 0.231. The van der Waals surface area contributed by atoms with Gasteiger partial charge in [-0.2, -0.15) is 0 Å². The summed E-state index contributed by atoms with van der Waals surface area (Å²) < 4.78 is 0. The summed E-state index contributed by atoms with van der Waals surface area (Å²) in [5, 5.41) is 3.28. The molecule has 0 saturated heterocycles. The molecule has 2 rings (SSSR count). The first kappa shape index (κ1) is 10.6. The fourth-order valence-corrected chi connectivity index (χ4v) is 1.47. The van der Waals surface area contributed by atoms with Crippen LogP contribution in [0.4, 0.5) is 5.82 Å². The molecule has 2 aromatic heterocycles. The molecule has 0 atom stereocenters. The zero-order chi connectivity index (χ0) is 11.2. The summed E-state index contributed by atoms with van der Waals surface area (Å²) in [5.74, 6) is 0.927. The highest BCUT2D eigenvalue weighted by Crippen LogP contribution is 2.17. The Morgan fingerprint density at radius 2 is 1.94 bits per heavy atom. The van der Waals surface area contributed by atoms with Crippen molar-refractivity contribution in [3.63, 3.8) is 0 Å². The Hall–Kier alpha value is -1.90. The van der Waals surface area contributed by atoms with Gasteiger partial charge in [0.15, 0.2) is 0 Å². The van der Waals surface area contributed by atoms with Crippen LogP contribution >= 0.6 is 0 Å². The standard InChI is InChI=1S/C13H15N3/c1-2-8-15-13-5-3-4-12(16-13)11-6-9-14-10-7-11/h3-7,9-10H,2,8H2,1H3,(H,15,16). The van der Waals surface area contributed by atoms with Gasteiger partial charge in [-0.1, -0.05) is 13.0 Å². The van der Waals surface area contributed by atoms with E-state index in [1.54, 1.807) is 12.4 Å². The van der Waals surface area contributed by atoms with Gasteiger partial charge < -0.3 is 5.32 Å². The molecule has 0 radical (unpaired) electrons. The summed E-state index contributed by atoms with van der Waals surface area (Å²) in [6, 6.07) is 9.94. The Kier molecular flexibility index (Phi) is 3.49. The van der Waals surface area contributed by atoms with Crippen LogP contribution in [0.5, 0.6) is 0 Å². The number of hydrogen-bond acceptors (Lipinski definition) is 3. The number of aromatic nitrogens is 2. The number of nitrogens with one attached hydrogen (secondary N) is 1. The lowest BCUT2D eigenvalue weighted by molar-refractivity contribution is 0.970. The minimum absolute atomic E-state index is 0.927. The van der Waals surface area contributed by atoms with Gasteiger partial charge in [0.05, 0.1) is 5.69 Å². The zero-order valence-electron chi connectivity index (χ0n) is 9.35. The van der Waals surface area contributed by atoms with Crippen LogP contribution in [0.15, 0.2) is 42.7 Å². The van der Waals surface area contributed by atoms with E-state index in [-0.39, 0.29) is 0 Å². The summed E-state index contributed by atoms with van der Waals surface area (Å²) in [7, 11) is 0. The molecule has 0 aliphatic heterocycles. The first-order valence-corrected chi connectivity index (χ1v) is 5.51. The molecule has 0 saturated carbocycles. The van der Waals surface area contributed by atoms with Crippen LogP contribution < -0.4 is 5.32 Å². The lowest BCUT2D eigenvalue weighted by atomic mass is 10.2. The van der Waals surface area contributed by atoms with Crippen molar-refractivity contribution in [2.75, 3.05) is 11.9 Å². The molecule has 16 heavy (non-hydrogen) atoms. The van der Waals surface area contributed by atoms with Crippen LogP contribution in [0.1, 0.15) is 13.3 Å². The van der Waals surface area contributed by atoms with E-state index in [1.165, 1.54) is 0 Å². The van der Waals surface area contributed by atoms with Crippen LogP contribution in [-0.4, -0.2) is 16.5 Å². The fourth-order valence-electron chi connectivity index (χ4n) is 1.47. The second kappa shape index (κ2) is 5.26. The number of nitrogens with zero attached hydrogens (tertiary/aromatic N) is 2. The molecule has 2 heterocycles. The highest BCUT2D eigenvalue weighted by atomic mass is 15.0. The van der Waals surface area contributed by atoms with Gasteiger partial charge in [-0.25, -0.2) is 4.98 Å². The van der Waals surface area contributed by atoms with Crippen molar-refractivity contribution in [1.82, 2.24) is 9.97 Å². The molecule has 0 bridgehead atoms. The van der Waals surface area contributed by atoms with E-state index in [0.29, 0.717) is 0 Å². The Balaban J connectivity index is 2.22. The van der Waals surface area contributed by atoms with Crippen LogP contribution in [-0.2, 0) is 0 Å². The molecule has 0 unspecified atom stereocenters. The quantitative estimate of drug-likeness (QED) is 0.848. The van der Waals surface area contributed by atoms with Gasteiger partial charge in [0.2, 0.25) is 0 Å². The average Bonchev–Trinajstić information content (AvgIpc) is 2.38. The second-order valence-corrected chi connectivity index (χ2v) is 3.57. The van der Waals surface area contributed by atoms with E-state index in [2.05, 4.69) is 22.2 Å². The maximum atomic E-state index is 4.54. The average molecular weight is 213 g/mol. The smallest absolute Gasteiger partial charge is 0.126 e. The topological polar surface area (TPSA) is 37.8 Å². The second-order valence-electron chi connectivity index (χ2n) is 3.57. The van der Waals surface area contributed by atoms with Crippen molar-refractivity contribution in [3.05, 3.63) is 42.7 Å². The van der Waals surface area contributed by atoms with Crippen LogP contribution in [0, 0.1) is 0 Å². The molecule has 0 aliphatic rings. The molecule has 82 valence electrons. The highest BCUT2D eigenvalue weighted by molar-refractivity contribution is 5.60. The number of hydrogen-bond donors (Lipinski definition) is 1. The predicted molar refractivity (Wildman–Crippen MR) is 66.2 cm³/mol. The minimum atomic E-state index is 0.927. The van der Waals surface area contributed by atoms with Gasteiger partial charge >= 0.3 is 0 Å². The van der Waals surface area contributed by atoms with Crippen molar-refractivity contribution in [1.29, 1.82) is 0 Å². The van der Waals surface area contributed by atoms with Crippen molar-refractivity contribution in [3.8, 4) is 11.3 Å². The third kappa shape index (κ3) is 2.57. The predicted octanol–water partition coefficient (Wildman–Crippen LogP) is 2.97. The lowest BCUT2D eigenvalue weighted by Crippen LogP contribution is -2.01. The Morgan fingerprint density at radius 3 is 2.69 bits per heavy atom. The zero-order valence-corrected chi connectivity index (χ0v) is 9.35. The summed E-state index contributed by atoms with van der Waals surface area (Å²) in [6.45, 7) is 3.09. The molecular formula is C13H15N3. The monoisotopic (exact) mass is 213 g/mol. The van der Waals surface area contributed by atoms with E-state index < -0.39 is 0 Å². The summed E-state index contributed by atoms with van der Waals surface area (Å²) in [6.07, 6.45) is 4.66. The third-order valence-electron chi connectivity index (χ3n) is 2.28. The highest BCUT2D eigenvalue weighted by Gasteiger charge is 1.99. The SMILES string of the molecule is CCCNc1cccc(-c2ccncc2)n1. The third-order valence-corrected chi connectivity index (χ3v) is 2.28. The maximum Gasteiger partial charge on any atom is 0.126 e. The van der Waals surface area contributed by atoms with Gasteiger partial charge in [0.25, 0.3) is 0 Å². The van der Waals surface area contributed by atoms with Gasteiger partial charge in [-0.05, 0) is 30.7 Å². The van der Waals surface area contributed by atoms with E-state index in [1.807, 2.05) is 30.3 Å². The van der Waals surface area contributed by atoms with Crippen molar-refractivity contribution >= 4 is 5.82 Å². The first-order chi connectivity index (χ1) is 7.90. The molecule has 0 spiro atoms. The van der Waals surface area contributed by atoms with Gasteiger partial charge in [0.1, 0.15) is 5.82 Å². The summed E-state index contributed by atoms with van der Waals surface area (Å²) in [5.41, 5.74) is 2.07.